The van der Waals surface area contributed by atoms with E-state index >= 15 is 0 Å². The summed E-state index contributed by atoms with van der Waals surface area (Å²) in [7, 11) is 0. The molecule has 0 heterocycles. The molecule has 0 unspecified atom stereocenters. The van der Waals surface area contributed by atoms with Gasteiger partial charge in [-0.3, -0.25) is 4.79 Å². The van der Waals surface area contributed by atoms with Gasteiger partial charge in [0.1, 0.15) is 11.6 Å². The molecule has 0 aliphatic heterocycles. The number of rotatable bonds is 3. The van der Waals surface area contributed by atoms with Crippen LogP contribution in [-0.2, 0) is 6.42 Å². The molecule has 0 aromatic heterocycles. The molecule has 0 amide bonds. The molecule has 98 valence electrons. The van der Waals surface area contributed by atoms with Gasteiger partial charge < -0.3 is 0 Å². The van der Waals surface area contributed by atoms with Crippen molar-refractivity contribution < 1.29 is 13.6 Å². The summed E-state index contributed by atoms with van der Waals surface area (Å²) >= 11 is 9.05. The number of carbonyl (C=O) groups is 1. The third kappa shape index (κ3) is 3.39. The lowest BCUT2D eigenvalue weighted by atomic mass is 10.0. The minimum Gasteiger partial charge on any atom is -0.294 e. The Kier molecular flexibility index (Phi) is 4.32. The van der Waals surface area contributed by atoms with Crippen LogP contribution in [0.2, 0.25) is 5.02 Å². The standard InChI is InChI=1S/C14H8BrClF2O/c15-12-4-3-9(17)6-11(12)14(19)5-8-1-2-10(18)7-13(8)16/h1-4,6-7H,5H2. The van der Waals surface area contributed by atoms with E-state index in [-0.39, 0.29) is 22.8 Å². The zero-order chi connectivity index (χ0) is 14.0. The number of hydrogen-bond donors (Lipinski definition) is 0. The van der Waals surface area contributed by atoms with E-state index in [1.165, 1.54) is 24.3 Å². The molecule has 0 spiro atoms. The van der Waals surface area contributed by atoms with Crippen LogP contribution in [0.25, 0.3) is 0 Å². The second-order valence-corrected chi connectivity index (χ2v) is 5.22. The van der Waals surface area contributed by atoms with E-state index in [0.717, 1.165) is 12.1 Å². The van der Waals surface area contributed by atoms with Crippen molar-refractivity contribution in [2.45, 2.75) is 6.42 Å². The van der Waals surface area contributed by atoms with Crippen molar-refractivity contribution in [1.29, 1.82) is 0 Å². The summed E-state index contributed by atoms with van der Waals surface area (Å²) < 4.78 is 26.5. The second kappa shape index (κ2) is 5.80. The molecule has 2 rings (SSSR count). The van der Waals surface area contributed by atoms with Crippen molar-refractivity contribution in [3.05, 3.63) is 68.7 Å². The fraction of sp³-hybridized carbons (Fsp3) is 0.0714. The van der Waals surface area contributed by atoms with E-state index in [2.05, 4.69) is 15.9 Å². The van der Waals surface area contributed by atoms with Crippen molar-refractivity contribution >= 4 is 33.3 Å². The van der Waals surface area contributed by atoms with Gasteiger partial charge in [-0.25, -0.2) is 8.78 Å². The van der Waals surface area contributed by atoms with Crippen LogP contribution in [-0.4, -0.2) is 5.78 Å². The molecular formula is C14H8BrClF2O. The van der Waals surface area contributed by atoms with Gasteiger partial charge in [0.15, 0.2) is 5.78 Å². The summed E-state index contributed by atoms with van der Waals surface area (Å²) in [5.74, 6) is -1.25. The number of benzene rings is 2. The molecular weight excluding hydrogens is 338 g/mol. The lowest BCUT2D eigenvalue weighted by molar-refractivity contribution is 0.0991. The topological polar surface area (TPSA) is 17.1 Å². The molecule has 1 nitrogen and oxygen atoms in total. The molecule has 0 N–H and O–H groups in total. The van der Waals surface area contributed by atoms with Crippen molar-refractivity contribution in [1.82, 2.24) is 0 Å². The van der Waals surface area contributed by atoms with Crippen LogP contribution in [0.5, 0.6) is 0 Å². The van der Waals surface area contributed by atoms with Crippen molar-refractivity contribution in [2.24, 2.45) is 0 Å². The minimum atomic E-state index is -0.489. The summed E-state index contributed by atoms with van der Waals surface area (Å²) in [6, 6.07) is 7.70. The van der Waals surface area contributed by atoms with E-state index in [0.29, 0.717) is 10.0 Å². The predicted octanol–water partition coefficient (Wildman–Crippen LogP) is 4.81. The van der Waals surface area contributed by atoms with Crippen LogP contribution in [0.15, 0.2) is 40.9 Å². The van der Waals surface area contributed by atoms with Crippen LogP contribution in [0.4, 0.5) is 8.78 Å². The average Bonchev–Trinajstić information content (AvgIpc) is 2.35. The van der Waals surface area contributed by atoms with E-state index < -0.39 is 11.6 Å². The van der Waals surface area contributed by atoms with Gasteiger partial charge in [0.25, 0.3) is 0 Å². The number of carbonyl (C=O) groups excluding carboxylic acids is 1. The molecule has 2 aromatic rings. The molecule has 0 radical (unpaired) electrons. The molecule has 2 aromatic carbocycles. The van der Waals surface area contributed by atoms with Gasteiger partial charge in [-0.1, -0.05) is 33.6 Å². The maximum absolute atomic E-state index is 13.1. The third-order valence-electron chi connectivity index (χ3n) is 2.59. The zero-order valence-electron chi connectivity index (χ0n) is 9.59. The van der Waals surface area contributed by atoms with E-state index in [1.54, 1.807) is 0 Å². The number of ketones is 1. The van der Waals surface area contributed by atoms with E-state index in [4.69, 9.17) is 11.6 Å². The fourth-order valence-electron chi connectivity index (χ4n) is 1.64. The Hall–Kier alpha value is -1.26. The van der Waals surface area contributed by atoms with Gasteiger partial charge in [-0.15, -0.1) is 0 Å². The summed E-state index contributed by atoms with van der Waals surface area (Å²) in [5, 5.41) is 0.181. The van der Waals surface area contributed by atoms with Crippen molar-refractivity contribution in [3.8, 4) is 0 Å². The molecule has 0 saturated carbocycles. The molecule has 0 aliphatic carbocycles. The Morgan fingerprint density at radius 1 is 1.11 bits per heavy atom. The van der Waals surface area contributed by atoms with Gasteiger partial charge in [0.2, 0.25) is 0 Å². The SMILES string of the molecule is O=C(Cc1ccc(F)cc1Cl)c1cc(F)ccc1Br. The maximum atomic E-state index is 13.1. The van der Waals surface area contributed by atoms with E-state index in [1.807, 2.05) is 0 Å². The molecule has 0 aliphatic rings. The summed E-state index contributed by atoms with van der Waals surface area (Å²) in [6.07, 6.45) is -0.0127. The van der Waals surface area contributed by atoms with Crippen LogP contribution < -0.4 is 0 Å². The first-order valence-electron chi connectivity index (χ1n) is 5.39. The molecule has 0 atom stereocenters. The molecule has 0 bridgehead atoms. The smallest absolute Gasteiger partial charge is 0.168 e. The summed E-state index contributed by atoms with van der Waals surface area (Å²) in [4.78, 5) is 12.1. The normalized spacial score (nSPS) is 10.5. The fourth-order valence-corrected chi connectivity index (χ4v) is 2.35. The van der Waals surface area contributed by atoms with Crippen molar-refractivity contribution in [2.75, 3.05) is 0 Å². The van der Waals surface area contributed by atoms with Gasteiger partial charge >= 0.3 is 0 Å². The summed E-state index contributed by atoms with van der Waals surface area (Å²) in [6.45, 7) is 0. The lowest BCUT2D eigenvalue weighted by Crippen LogP contribution is -2.05. The molecule has 5 heteroatoms. The van der Waals surface area contributed by atoms with Crippen molar-refractivity contribution in [3.63, 3.8) is 0 Å². The second-order valence-electron chi connectivity index (χ2n) is 3.96. The first-order valence-corrected chi connectivity index (χ1v) is 6.56. The highest BCUT2D eigenvalue weighted by atomic mass is 79.9. The monoisotopic (exact) mass is 344 g/mol. The Balaban J connectivity index is 2.28. The third-order valence-corrected chi connectivity index (χ3v) is 3.64. The summed E-state index contributed by atoms with van der Waals surface area (Å²) in [5.41, 5.74) is 0.740. The van der Waals surface area contributed by atoms with Crippen LogP contribution in [0.3, 0.4) is 0 Å². The Labute approximate surface area is 122 Å². The quantitative estimate of drug-likeness (QED) is 0.730. The number of Topliss-reactive ketones (excluding diaryl/α,β-unsaturated/α-hetero) is 1. The lowest BCUT2D eigenvalue weighted by Gasteiger charge is -2.06. The minimum absolute atomic E-state index is 0.0127. The highest BCUT2D eigenvalue weighted by Gasteiger charge is 2.14. The molecule has 19 heavy (non-hydrogen) atoms. The van der Waals surface area contributed by atoms with E-state index in [9.17, 15) is 13.6 Å². The Morgan fingerprint density at radius 2 is 1.74 bits per heavy atom. The Morgan fingerprint density at radius 3 is 2.42 bits per heavy atom. The van der Waals surface area contributed by atoms with Crippen LogP contribution in [0, 0.1) is 11.6 Å². The van der Waals surface area contributed by atoms with Gasteiger partial charge in [0.05, 0.1) is 0 Å². The zero-order valence-corrected chi connectivity index (χ0v) is 11.9. The number of halogens is 4. The molecule has 0 fully saturated rings. The highest BCUT2D eigenvalue weighted by Crippen LogP contribution is 2.23. The largest absolute Gasteiger partial charge is 0.294 e. The average molecular weight is 346 g/mol. The van der Waals surface area contributed by atoms with Gasteiger partial charge in [-0.2, -0.15) is 0 Å². The first kappa shape index (κ1) is 14.2. The van der Waals surface area contributed by atoms with Crippen LogP contribution >= 0.6 is 27.5 Å². The predicted molar refractivity (Wildman–Crippen MR) is 73.5 cm³/mol. The Bertz CT molecular complexity index is 643. The van der Waals surface area contributed by atoms with Crippen LogP contribution in [0.1, 0.15) is 15.9 Å². The molecule has 0 saturated heterocycles. The maximum Gasteiger partial charge on any atom is 0.168 e. The number of hydrogen-bond acceptors (Lipinski definition) is 1. The van der Waals surface area contributed by atoms with Gasteiger partial charge in [-0.05, 0) is 35.9 Å². The highest BCUT2D eigenvalue weighted by molar-refractivity contribution is 9.10. The van der Waals surface area contributed by atoms with Gasteiger partial charge in [0, 0.05) is 21.5 Å². The first-order chi connectivity index (χ1) is 8.97.